The minimum Gasteiger partial charge on any atom is -1.00 e. The summed E-state index contributed by atoms with van der Waals surface area (Å²) in [5, 5.41) is 5.76. The summed E-state index contributed by atoms with van der Waals surface area (Å²) < 4.78 is 0. The first kappa shape index (κ1) is 30.4. The van der Waals surface area contributed by atoms with Crippen LogP contribution >= 0.6 is 0 Å². The van der Waals surface area contributed by atoms with E-state index in [0.717, 1.165) is 9.52 Å². The summed E-state index contributed by atoms with van der Waals surface area (Å²) in [5.74, 6) is 0.641. The molecule has 0 nitrogen and oxygen atoms in total. The second-order valence-electron chi connectivity index (χ2n) is 9.13. The van der Waals surface area contributed by atoms with Gasteiger partial charge in [0, 0.05) is 9.52 Å². The van der Waals surface area contributed by atoms with Crippen LogP contribution in [0.3, 0.4) is 0 Å². The Morgan fingerprint density at radius 1 is 0.758 bits per heavy atom. The zero-order valence-corrected chi connectivity index (χ0v) is 25.2. The molecule has 2 aliphatic carbocycles. The molecule has 0 aliphatic heterocycles. The number of fused-ring (bicyclic) bond motifs is 4. The van der Waals surface area contributed by atoms with E-state index in [9.17, 15) is 0 Å². The normalized spacial score (nSPS) is 13.0. The minimum atomic E-state index is 0. The van der Waals surface area contributed by atoms with Gasteiger partial charge in [-0.15, -0.1) is 64.0 Å². The van der Waals surface area contributed by atoms with Gasteiger partial charge in [0.2, 0.25) is 0 Å². The molecule has 4 heteroatoms. The van der Waals surface area contributed by atoms with Crippen LogP contribution < -0.4 is 24.8 Å². The number of hydrogen-bond acceptors (Lipinski definition) is 0. The van der Waals surface area contributed by atoms with Crippen LogP contribution in [0.2, 0.25) is 13.1 Å². The predicted octanol–water partition coefficient (Wildman–Crippen LogP) is 2.01. The van der Waals surface area contributed by atoms with Crippen molar-refractivity contribution in [2.75, 3.05) is 0 Å². The molecule has 0 saturated heterocycles. The fraction of sp³-hybridized carbons (Fsp3) is 0.379. The average molecular weight is 573 g/mol. The summed E-state index contributed by atoms with van der Waals surface area (Å²) in [5.41, 5.74) is 7.85. The molecule has 0 spiro atoms. The third kappa shape index (κ3) is 6.94. The molecule has 0 unspecified atom stereocenters. The van der Waals surface area contributed by atoms with E-state index in [0.29, 0.717) is 5.92 Å². The number of rotatable bonds is 1. The van der Waals surface area contributed by atoms with E-state index < -0.39 is 0 Å². The van der Waals surface area contributed by atoms with Crippen LogP contribution in [-0.4, -0.2) is 9.52 Å². The second kappa shape index (κ2) is 14.0. The summed E-state index contributed by atoms with van der Waals surface area (Å²) in [6, 6.07) is 20.7. The predicted molar refractivity (Wildman–Crippen MR) is 135 cm³/mol. The Morgan fingerprint density at radius 2 is 1.27 bits per heavy atom. The molecule has 172 valence electrons. The topological polar surface area (TPSA) is 0 Å². The van der Waals surface area contributed by atoms with E-state index in [1.165, 1.54) is 65.6 Å². The molecule has 0 bridgehead atoms. The van der Waals surface area contributed by atoms with Crippen molar-refractivity contribution in [3.8, 4) is 0 Å². The molecule has 0 saturated carbocycles. The van der Waals surface area contributed by atoms with Crippen LogP contribution in [0.5, 0.6) is 0 Å². The molecular weight excluding hydrogens is 539 g/mol. The monoisotopic (exact) mass is 570 g/mol. The molecule has 0 fully saturated rings. The van der Waals surface area contributed by atoms with Crippen molar-refractivity contribution < 1.29 is 51.0 Å². The van der Waals surface area contributed by atoms with Gasteiger partial charge in [0.1, 0.15) is 0 Å². The Kier molecular flexibility index (Phi) is 12.9. The molecule has 0 amide bonds. The first-order chi connectivity index (χ1) is 14.6. The molecule has 4 aromatic rings. The van der Waals surface area contributed by atoms with E-state index in [1.807, 2.05) is 0 Å². The Hall–Kier alpha value is -0.660. The van der Waals surface area contributed by atoms with Crippen LogP contribution in [0.25, 0.3) is 21.5 Å². The third-order valence-corrected chi connectivity index (χ3v) is 6.49. The van der Waals surface area contributed by atoms with Gasteiger partial charge >= 0.3 is 26.2 Å². The number of hydrogen-bond donors (Lipinski definition) is 0. The summed E-state index contributed by atoms with van der Waals surface area (Å²) in [6.07, 6.45) is 7.84. The number of halogens is 2. The Bertz CT molecular complexity index is 1100. The zero-order valence-electron chi connectivity index (χ0n) is 20.3. The maximum atomic E-state index is 2.44. The maximum Gasteiger partial charge on any atom is 4.00 e. The van der Waals surface area contributed by atoms with Gasteiger partial charge in [-0.05, 0) is 38.5 Å². The summed E-state index contributed by atoms with van der Waals surface area (Å²) in [6.45, 7) is 8.87. The first-order valence-corrected chi connectivity index (χ1v) is 13.6. The quantitative estimate of drug-likeness (QED) is 0.242. The number of aryl methyl sites for hydroxylation is 4. The molecular formula is C29H34Cl2SiZr. The Balaban J connectivity index is 0.000000277. The van der Waals surface area contributed by atoms with Gasteiger partial charge in [-0.25, -0.2) is 0 Å². The number of benzene rings is 2. The van der Waals surface area contributed by atoms with Crippen LogP contribution in [0.4, 0.5) is 0 Å². The standard InChI is InChI=1S/C15H17.C12H11.C2H6Si.2ClH.Zr/c1-10(2)14-7-6-13-8-11-4-3-5-12(11)9-15(13)14;1-3-9-7-11-5-2-6-12(11)8-10(9)4-1;1-3-2;;;/h6-10H,3-5H2,1-2H3;1,3-4,7-8H,2,5-6H2;1-2H3;2*1H;/q2*-1;;;;+4/p-2. The van der Waals surface area contributed by atoms with Gasteiger partial charge in [0.05, 0.1) is 0 Å². The van der Waals surface area contributed by atoms with Gasteiger partial charge in [-0.2, -0.15) is 17.7 Å². The van der Waals surface area contributed by atoms with Gasteiger partial charge < -0.3 is 24.8 Å². The Morgan fingerprint density at radius 3 is 1.85 bits per heavy atom. The van der Waals surface area contributed by atoms with Crippen molar-refractivity contribution >= 4 is 31.1 Å². The summed E-state index contributed by atoms with van der Waals surface area (Å²) in [7, 11) is 1.08. The van der Waals surface area contributed by atoms with Crippen molar-refractivity contribution in [3.05, 3.63) is 82.4 Å². The van der Waals surface area contributed by atoms with Crippen molar-refractivity contribution in [1.82, 2.24) is 0 Å². The molecule has 33 heavy (non-hydrogen) atoms. The Labute approximate surface area is 234 Å². The van der Waals surface area contributed by atoms with Crippen molar-refractivity contribution in [2.24, 2.45) is 0 Å². The van der Waals surface area contributed by atoms with Crippen molar-refractivity contribution in [2.45, 2.75) is 71.4 Å². The maximum absolute atomic E-state index is 2.44. The van der Waals surface area contributed by atoms with E-state index in [-0.39, 0.29) is 51.0 Å². The van der Waals surface area contributed by atoms with E-state index >= 15 is 0 Å². The summed E-state index contributed by atoms with van der Waals surface area (Å²) in [4.78, 5) is 0. The van der Waals surface area contributed by atoms with Crippen molar-refractivity contribution in [1.29, 1.82) is 0 Å². The largest absolute Gasteiger partial charge is 4.00 e. The molecule has 0 heterocycles. The minimum absolute atomic E-state index is 0. The molecule has 4 aromatic carbocycles. The van der Waals surface area contributed by atoms with E-state index in [4.69, 9.17) is 0 Å². The molecule has 0 aromatic heterocycles. The van der Waals surface area contributed by atoms with Crippen LogP contribution in [0, 0.1) is 0 Å². The van der Waals surface area contributed by atoms with E-state index in [2.05, 4.69) is 81.5 Å². The van der Waals surface area contributed by atoms with Crippen molar-refractivity contribution in [3.63, 3.8) is 0 Å². The second-order valence-corrected chi connectivity index (χ2v) is 10.1. The smallest absolute Gasteiger partial charge is 1.00 e. The zero-order chi connectivity index (χ0) is 21.1. The SMILES string of the molecule is CC(C)c1c[cH-]c2cc3c(cc12)CCC3.C[Si]C.[Cl-].[Cl-].[Zr+4].c1cc2cc3c(cc2[cH-]1)CCC3. The molecule has 0 N–H and O–H groups in total. The molecule has 2 radical (unpaired) electrons. The molecule has 0 atom stereocenters. The average Bonchev–Trinajstić information content (AvgIpc) is 3.50. The van der Waals surface area contributed by atoms with Gasteiger partial charge in [-0.3, -0.25) is 0 Å². The van der Waals surface area contributed by atoms with E-state index in [1.54, 1.807) is 22.3 Å². The van der Waals surface area contributed by atoms with Crippen LogP contribution in [-0.2, 0) is 51.9 Å². The van der Waals surface area contributed by atoms with Gasteiger partial charge in [0.25, 0.3) is 0 Å². The first-order valence-electron chi connectivity index (χ1n) is 11.6. The van der Waals surface area contributed by atoms with Crippen LogP contribution in [0.1, 0.15) is 60.4 Å². The fourth-order valence-electron chi connectivity index (χ4n) is 5.01. The van der Waals surface area contributed by atoms with Gasteiger partial charge in [0.15, 0.2) is 0 Å². The fourth-order valence-corrected chi connectivity index (χ4v) is 5.01. The third-order valence-electron chi connectivity index (χ3n) is 6.49. The van der Waals surface area contributed by atoms with Crippen LogP contribution in [0.15, 0.2) is 54.6 Å². The van der Waals surface area contributed by atoms with Gasteiger partial charge in [-0.1, -0.05) is 55.1 Å². The molecule has 2 aliphatic rings. The molecule has 6 rings (SSSR count). The summed E-state index contributed by atoms with van der Waals surface area (Å²) >= 11 is 0.